The Hall–Kier alpha value is -1.82. The molecule has 2 aromatic rings. The van der Waals surface area contributed by atoms with Gasteiger partial charge in [-0.2, -0.15) is 0 Å². The van der Waals surface area contributed by atoms with E-state index in [2.05, 4.69) is 6.92 Å². The lowest BCUT2D eigenvalue weighted by Crippen LogP contribution is -2.29. The van der Waals surface area contributed by atoms with Crippen LogP contribution in [0, 0.1) is 0 Å². The molecule has 2 N–H and O–H groups in total. The minimum absolute atomic E-state index is 0.208. The third-order valence-corrected chi connectivity index (χ3v) is 8.22. The molecule has 0 aliphatic heterocycles. The van der Waals surface area contributed by atoms with Gasteiger partial charge in [-0.25, -0.2) is 0 Å². The zero-order valence-electron chi connectivity index (χ0n) is 16.4. The summed E-state index contributed by atoms with van der Waals surface area (Å²) in [6.45, 7) is 2.16. The third kappa shape index (κ3) is 4.37. The molecular formula is C22H30O4Si. The number of hydrogen-bond donors (Lipinski definition) is 2. The maximum atomic E-state index is 10.4. The lowest BCUT2D eigenvalue weighted by Gasteiger charge is -2.26. The highest BCUT2D eigenvalue weighted by molar-refractivity contribution is 6.46. The first kappa shape index (κ1) is 19.9. The first-order valence-corrected chi connectivity index (χ1v) is 11.4. The number of fused-ring (bicyclic) bond motifs is 1. The summed E-state index contributed by atoms with van der Waals surface area (Å²) in [5, 5.41) is 20.0. The molecule has 1 aliphatic carbocycles. The van der Waals surface area contributed by atoms with E-state index in [9.17, 15) is 10.2 Å². The molecule has 0 spiro atoms. The van der Waals surface area contributed by atoms with Crippen LogP contribution < -0.4 is 0 Å². The third-order valence-electron chi connectivity index (χ3n) is 5.81. The lowest BCUT2D eigenvalue weighted by atomic mass is 9.87. The molecule has 2 atom stereocenters. The standard InChI is InChI=1S/C22H30O4Si/c1-4-22(27(25-2)26-3)21-14-19(24)12-17-7-5-6-16(13-20(17)21)15-8-10-18(23)11-9-15/h8-12,14,16,22-24,27H,4-7,13H2,1-3H3. The Morgan fingerprint density at radius 1 is 1.07 bits per heavy atom. The van der Waals surface area contributed by atoms with E-state index in [4.69, 9.17) is 8.85 Å². The SMILES string of the molecule is CCC(c1cc(O)cc2c1CC(c1ccc(O)cc1)CCC2)[SiH](OC)OC. The van der Waals surface area contributed by atoms with Crippen molar-refractivity contribution in [3.05, 3.63) is 58.7 Å². The molecule has 3 rings (SSSR count). The Labute approximate surface area is 163 Å². The predicted molar refractivity (Wildman–Crippen MR) is 110 cm³/mol. The summed E-state index contributed by atoms with van der Waals surface area (Å²) in [6.07, 6.45) is 5.05. The molecule has 4 nitrogen and oxygen atoms in total. The molecule has 0 saturated carbocycles. The molecule has 0 saturated heterocycles. The van der Waals surface area contributed by atoms with Crippen LogP contribution >= 0.6 is 0 Å². The normalized spacial score (nSPS) is 18.1. The quantitative estimate of drug-likeness (QED) is 0.574. The molecule has 27 heavy (non-hydrogen) atoms. The van der Waals surface area contributed by atoms with Gasteiger partial charge in [0.25, 0.3) is 0 Å². The lowest BCUT2D eigenvalue weighted by molar-refractivity contribution is 0.265. The zero-order chi connectivity index (χ0) is 19.4. The second-order valence-corrected chi connectivity index (χ2v) is 9.90. The van der Waals surface area contributed by atoms with E-state index in [0.717, 1.165) is 32.1 Å². The van der Waals surface area contributed by atoms with Crippen molar-refractivity contribution < 1.29 is 19.1 Å². The fourth-order valence-corrected chi connectivity index (χ4v) is 6.27. The maximum Gasteiger partial charge on any atom is 0.328 e. The Balaban J connectivity index is 2.02. The van der Waals surface area contributed by atoms with Crippen LogP contribution in [0.2, 0.25) is 0 Å². The van der Waals surface area contributed by atoms with E-state index in [0.29, 0.717) is 17.4 Å². The van der Waals surface area contributed by atoms with Crippen LogP contribution in [0.15, 0.2) is 36.4 Å². The largest absolute Gasteiger partial charge is 0.508 e. The second-order valence-electron chi connectivity index (χ2n) is 7.41. The van der Waals surface area contributed by atoms with Crippen molar-refractivity contribution in [3.63, 3.8) is 0 Å². The topological polar surface area (TPSA) is 58.9 Å². The van der Waals surface area contributed by atoms with Gasteiger partial charge < -0.3 is 19.1 Å². The monoisotopic (exact) mass is 386 g/mol. The van der Waals surface area contributed by atoms with Gasteiger partial charge in [0.1, 0.15) is 11.5 Å². The average Bonchev–Trinajstić information content (AvgIpc) is 2.88. The van der Waals surface area contributed by atoms with E-state index in [1.807, 2.05) is 24.3 Å². The molecule has 0 aromatic heterocycles. The van der Waals surface area contributed by atoms with Gasteiger partial charge in [0.15, 0.2) is 0 Å². The summed E-state index contributed by atoms with van der Waals surface area (Å²) in [7, 11) is 1.59. The minimum atomic E-state index is -1.86. The summed E-state index contributed by atoms with van der Waals surface area (Å²) in [4.78, 5) is 0. The Bertz CT molecular complexity index is 756. The van der Waals surface area contributed by atoms with Gasteiger partial charge in [0.05, 0.1) is 0 Å². The summed E-state index contributed by atoms with van der Waals surface area (Å²) < 4.78 is 11.4. The number of aromatic hydroxyl groups is 2. The van der Waals surface area contributed by atoms with E-state index in [1.54, 1.807) is 26.4 Å². The molecule has 1 aliphatic rings. The molecule has 0 fully saturated rings. The van der Waals surface area contributed by atoms with Crippen molar-refractivity contribution in [2.45, 2.75) is 50.5 Å². The first-order chi connectivity index (χ1) is 13.1. The van der Waals surface area contributed by atoms with Gasteiger partial charge in [-0.3, -0.25) is 0 Å². The molecule has 0 amide bonds. The summed E-state index contributed by atoms with van der Waals surface area (Å²) >= 11 is 0. The van der Waals surface area contributed by atoms with Crippen molar-refractivity contribution in [3.8, 4) is 11.5 Å². The zero-order valence-corrected chi connectivity index (χ0v) is 17.6. The van der Waals surface area contributed by atoms with Crippen molar-refractivity contribution in [2.75, 3.05) is 14.2 Å². The van der Waals surface area contributed by atoms with Crippen LogP contribution in [-0.2, 0) is 21.7 Å². The molecule has 5 heteroatoms. The van der Waals surface area contributed by atoms with Crippen molar-refractivity contribution in [1.82, 2.24) is 0 Å². The fraction of sp³-hybridized carbons (Fsp3) is 0.455. The number of aryl methyl sites for hydroxylation is 1. The molecule has 146 valence electrons. The number of hydrogen-bond acceptors (Lipinski definition) is 4. The van der Waals surface area contributed by atoms with Crippen molar-refractivity contribution >= 4 is 9.28 Å². The number of benzene rings is 2. The number of phenolic OH excluding ortho intramolecular Hbond substituents is 2. The van der Waals surface area contributed by atoms with Crippen LogP contribution in [-0.4, -0.2) is 33.7 Å². The smallest absolute Gasteiger partial charge is 0.328 e. The Kier molecular flexibility index (Phi) is 6.58. The highest BCUT2D eigenvalue weighted by Gasteiger charge is 2.30. The predicted octanol–water partition coefficient (Wildman–Crippen LogP) is 4.31. The number of rotatable bonds is 6. The van der Waals surface area contributed by atoms with Crippen molar-refractivity contribution in [1.29, 1.82) is 0 Å². The van der Waals surface area contributed by atoms with Gasteiger partial charge in [0.2, 0.25) is 0 Å². The van der Waals surface area contributed by atoms with Crippen LogP contribution in [0.4, 0.5) is 0 Å². The Morgan fingerprint density at radius 3 is 2.41 bits per heavy atom. The van der Waals surface area contributed by atoms with Crippen LogP contribution in [0.3, 0.4) is 0 Å². The van der Waals surface area contributed by atoms with E-state index in [1.165, 1.54) is 22.3 Å². The van der Waals surface area contributed by atoms with Gasteiger partial charge in [-0.1, -0.05) is 19.1 Å². The van der Waals surface area contributed by atoms with Crippen molar-refractivity contribution in [2.24, 2.45) is 0 Å². The summed E-state index contributed by atoms with van der Waals surface area (Å²) in [5.74, 6) is 1.06. The van der Waals surface area contributed by atoms with E-state index >= 15 is 0 Å². The van der Waals surface area contributed by atoms with Crippen LogP contribution in [0.1, 0.15) is 59.9 Å². The summed E-state index contributed by atoms with van der Waals surface area (Å²) in [5.41, 5.74) is 5.27. The highest BCUT2D eigenvalue weighted by atomic mass is 28.3. The average molecular weight is 387 g/mol. The van der Waals surface area contributed by atoms with E-state index < -0.39 is 9.28 Å². The maximum absolute atomic E-state index is 10.4. The molecule has 2 unspecified atom stereocenters. The van der Waals surface area contributed by atoms with Crippen LogP contribution in [0.5, 0.6) is 11.5 Å². The highest BCUT2D eigenvalue weighted by Crippen LogP contribution is 2.39. The molecular weight excluding hydrogens is 356 g/mol. The molecule has 2 aromatic carbocycles. The fourth-order valence-electron chi connectivity index (χ4n) is 4.44. The first-order valence-electron chi connectivity index (χ1n) is 9.76. The Morgan fingerprint density at radius 2 is 1.78 bits per heavy atom. The number of phenols is 2. The molecule has 0 radical (unpaired) electrons. The van der Waals surface area contributed by atoms with Crippen LogP contribution in [0.25, 0.3) is 0 Å². The summed E-state index contributed by atoms with van der Waals surface area (Å²) in [6, 6.07) is 11.5. The minimum Gasteiger partial charge on any atom is -0.508 e. The van der Waals surface area contributed by atoms with Gasteiger partial charge in [-0.05, 0) is 84.5 Å². The van der Waals surface area contributed by atoms with Gasteiger partial charge >= 0.3 is 9.28 Å². The van der Waals surface area contributed by atoms with E-state index in [-0.39, 0.29) is 5.54 Å². The molecule has 0 heterocycles. The van der Waals surface area contributed by atoms with Gasteiger partial charge in [-0.15, -0.1) is 0 Å². The molecule has 0 bridgehead atoms. The second kappa shape index (κ2) is 8.91. The van der Waals surface area contributed by atoms with Gasteiger partial charge in [0, 0.05) is 19.8 Å².